The maximum Gasteiger partial charge on any atom is 0.234 e. The normalized spacial score (nSPS) is 20.5. The van der Waals surface area contributed by atoms with E-state index in [1.54, 1.807) is 0 Å². The smallest absolute Gasteiger partial charge is 0.234 e. The summed E-state index contributed by atoms with van der Waals surface area (Å²) in [6, 6.07) is 8.19. The maximum absolute atomic E-state index is 12.1. The Morgan fingerprint density at radius 2 is 1.96 bits per heavy atom. The first-order chi connectivity index (χ1) is 11.4. The minimum absolute atomic E-state index is 0. The Kier molecular flexibility index (Phi) is 8.86. The van der Waals surface area contributed by atoms with E-state index in [2.05, 4.69) is 29.3 Å². The molecule has 0 spiro atoms. The van der Waals surface area contributed by atoms with Crippen LogP contribution in [0.25, 0.3) is 0 Å². The van der Waals surface area contributed by atoms with Gasteiger partial charge in [-0.1, -0.05) is 31.2 Å². The predicted molar refractivity (Wildman–Crippen MR) is 104 cm³/mol. The lowest BCUT2D eigenvalue weighted by molar-refractivity contribution is -0.122. The third-order valence-corrected chi connectivity index (χ3v) is 4.59. The fourth-order valence-electron chi connectivity index (χ4n) is 2.90. The van der Waals surface area contributed by atoms with Crippen LogP contribution in [0.5, 0.6) is 0 Å². The van der Waals surface area contributed by atoms with Crippen LogP contribution in [0.15, 0.2) is 24.3 Å². The lowest BCUT2D eigenvalue weighted by atomic mass is 9.90. The van der Waals surface area contributed by atoms with Crippen LogP contribution >= 0.6 is 12.4 Å². The number of halogens is 1. The Balaban J connectivity index is 0.00000312. The molecule has 0 aliphatic carbocycles. The van der Waals surface area contributed by atoms with Crippen LogP contribution in [0.2, 0.25) is 0 Å². The molecule has 3 N–H and O–H groups in total. The van der Waals surface area contributed by atoms with Gasteiger partial charge in [-0.25, -0.2) is 0 Å². The van der Waals surface area contributed by atoms with Gasteiger partial charge in [0.1, 0.15) is 0 Å². The number of hydrogen-bond acceptors (Lipinski definition) is 4. The van der Waals surface area contributed by atoms with Crippen LogP contribution in [0.1, 0.15) is 38.3 Å². The van der Waals surface area contributed by atoms with E-state index in [0.29, 0.717) is 26.2 Å². The first-order valence-corrected chi connectivity index (χ1v) is 8.79. The van der Waals surface area contributed by atoms with E-state index in [-0.39, 0.29) is 29.8 Å². The Labute approximate surface area is 157 Å². The van der Waals surface area contributed by atoms with Gasteiger partial charge in [-0.2, -0.15) is 0 Å². The topological polar surface area (TPSA) is 67.6 Å². The van der Waals surface area contributed by atoms with Crippen molar-refractivity contribution >= 4 is 18.3 Å². The van der Waals surface area contributed by atoms with Crippen LogP contribution in [0.3, 0.4) is 0 Å². The van der Waals surface area contributed by atoms with Gasteiger partial charge in [0.15, 0.2) is 0 Å². The largest absolute Gasteiger partial charge is 0.374 e. The summed E-state index contributed by atoms with van der Waals surface area (Å²) in [6.45, 7) is 10.4. The van der Waals surface area contributed by atoms with E-state index in [0.717, 1.165) is 30.6 Å². The van der Waals surface area contributed by atoms with Crippen molar-refractivity contribution in [2.75, 3.05) is 26.2 Å². The number of nitrogens with two attached hydrogens (primary N) is 1. The van der Waals surface area contributed by atoms with Crippen LogP contribution in [0, 0.1) is 5.41 Å². The lowest BCUT2D eigenvalue weighted by Crippen LogP contribution is -2.38. The Morgan fingerprint density at radius 3 is 2.52 bits per heavy atom. The summed E-state index contributed by atoms with van der Waals surface area (Å²) in [7, 11) is 0. The van der Waals surface area contributed by atoms with Gasteiger partial charge >= 0.3 is 0 Å². The third kappa shape index (κ3) is 7.32. The van der Waals surface area contributed by atoms with E-state index >= 15 is 0 Å². The van der Waals surface area contributed by atoms with Crippen molar-refractivity contribution in [2.24, 2.45) is 11.1 Å². The molecule has 1 atom stereocenters. The molecule has 1 aromatic rings. The number of nitrogens with one attached hydrogen (secondary N) is 1. The van der Waals surface area contributed by atoms with Crippen LogP contribution < -0.4 is 11.1 Å². The van der Waals surface area contributed by atoms with Crippen molar-refractivity contribution in [3.05, 3.63) is 35.4 Å². The fourth-order valence-corrected chi connectivity index (χ4v) is 2.90. The number of amides is 1. The molecule has 1 fully saturated rings. The molecule has 1 aliphatic heterocycles. The summed E-state index contributed by atoms with van der Waals surface area (Å²) in [5, 5.41) is 3.00. The average molecular weight is 370 g/mol. The van der Waals surface area contributed by atoms with Crippen molar-refractivity contribution in [3.63, 3.8) is 0 Å². The minimum atomic E-state index is 0. The second-order valence-corrected chi connectivity index (χ2v) is 7.43. The summed E-state index contributed by atoms with van der Waals surface area (Å²) in [5.41, 5.74) is 8.22. The molecular formula is C19H32ClN3O2. The number of likely N-dealkylation sites (tertiary alicyclic amines) is 1. The molecule has 0 radical (unpaired) electrons. The summed E-state index contributed by atoms with van der Waals surface area (Å²) < 4.78 is 5.58. The Morgan fingerprint density at radius 1 is 1.32 bits per heavy atom. The molecule has 6 heteroatoms. The predicted octanol–water partition coefficient (Wildman–Crippen LogP) is 2.32. The maximum atomic E-state index is 12.1. The number of carbonyl (C=O) groups is 1. The molecule has 1 aliphatic rings. The van der Waals surface area contributed by atoms with E-state index in [1.807, 2.05) is 26.0 Å². The van der Waals surface area contributed by atoms with Gasteiger partial charge in [0.25, 0.3) is 0 Å². The number of rotatable bonds is 8. The van der Waals surface area contributed by atoms with Crippen molar-refractivity contribution < 1.29 is 9.53 Å². The third-order valence-electron chi connectivity index (χ3n) is 4.59. The molecule has 0 aromatic heterocycles. The number of benzene rings is 1. The molecule has 2 rings (SSSR count). The Bertz CT molecular complexity index is 536. The average Bonchev–Trinajstić information content (AvgIpc) is 2.93. The fraction of sp³-hybridized carbons (Fsp3) is 0.632. The summed E-state index contributed by atoms with van der Waals surface area (Å²) in [5.74, 6) is 0.0727. The van der Waals surface area contributed by atoms with Gasteiger partial charge in [-0.15, -0.1) is 12.4 Å². The number of nitrogens with zero attached hydrogens (tertiary/aromatic N) is 1. The second-order valence-electron chi connectivity index (χ2n) is 7.43. The van der Waals surface area contributed by atoms with Gasteiger partial charge in [-0.3, -0.25) is 9.69 Å². The van der Waals surface area contributed by atoms with E-state index in [1.165, 1.54) is 0 Å². The van der Waals surface area contributed by atoms with Gasteiger partial charge in [0, 0.05) is 13.1 Å². The summed E-state index contributed by atoms with van der Waals surface area (Å²) >= 11 is 0. The van der Waals surface area contributed by atoms with Gasteiger partial charge < -0.3 is 15.8 Å². The minimum Gasteiger partial charge on any atom is -0.374 e. The van der Waals surface area contributed by atoms with E-state index < -0.39 is 0 Å². The number of ether oxygens (including phenoxy) is 1. The van der Waals surface area contributed by atoms with E-state index in [4.69, 9.17) is 10.5 Å². The van der Waals surface area contributed by atoms with Crippen LogP contribution in [-0.4, -0.2) is 43.1 Å². The molecule has 0 bridgehead atoms. The first-order valence-electron chi connectivity index (χ1n) is 8.79. The molecule has 1 unspecified atom stereocenters. The highest BCUT2D eigenvalue weighted by atomic mass is 35.5. The highest BCUT2D eigenvalue weighted by Gasteiger charge is 2.32. The van der Waals surface area contributed by atoms with Gasteiger partial charge in [0.2, 0.25) is 5.91 Å². The van der Waals surface area contributed by atoms with Gasteiger partial charge in [0.05, 0.1) is 19.3 Å². The van der Waals surface area contributed by atoms with E-state index in [9.17, 15) is 4.79 Å². The van der Waals surface area contributed by atoms with Crippen molar-refractivity contribution in [2.45, 2.75) is 46.4 Å². The number of hydrogen-bond donors (Lipinski definition) is 2. The Hall–Kier alpha value is -1.14. The standard InChI is InChI=1S/C19H31N3O2.ClH/c1-15(2)24-12-17-6-4-16(5-7-17)10-21-18(23)11-22-9-8-19(3,13-20)14-22;/h4-7,15H,8-14,20H2,1-3H3,(H,21,23);1H. The lowest BCUT2D eigenvalue weighted by Gasteiger charge is -2.22. The molecule has 25 heavy (non-hydrogen) atoms. The molecular weight excluding hydrogens is 338 g/mol. The quantitative estimate of drug-likeness (QED) is 0.738. The molecule has 1 heterocycles. The highest BCUT2D eigenvalue weighted by Crippen LogP contribution is 2.27. The van der Waals surface area contributed by atoms with Crippen LogP contribution in [0.4, 0.5) is 0 Å². The SMILES string of the molecule is CC(C)OCc1ccc(CNC(=O)CN2CCC(C)(CN)C2)cc1.Cl. The summed E-state index contributed by atoms with van der Waals surface area (Å²) in [4.78, 5) is 14.3. The highest BCUT2D eigenvalue weighted by molar-refractivity contribution is 5.85. The molecule has 1 saturated heterocycles. The molecule has 142 valence electrons. The molecule has 1 aromatic carbocycles. The zero-order valence-corrected chi connectivity index (χ0v) is 16.4. The second kappa shape index (κ2) is 10.1. The van der Waals surface area contributed by atoms with Gasteiger partial charge in [-0.05, 0) is 49.9 Å². The monoisotopic (exact) mass is 369 g/mol. The zero-order valence-electron chi connectivity index (χ0n) is 15.6. The van der Waals surface area contributed by atoms with Crippen LogP contribution in [-0.2, 0) is 22.7 Å². The molecule has 1 amide bonds. The molecule has 0 saturated carbocycles. The first kappa shape index (κ1) is 21.9. The van der Waals surface area contributed by atoms with Crippen molar-refractivity contribution in [1.29, 1.82) is 0 Å². The van der Waals surface area contributed by atoms with Crippen molar-refractivity contribution in [1.82, 2.24) is 10.2 Å². The van der Waals surface area contributed by atoms with Crippen molar-refractivity contribution in [3.8, 4) is 0 Å². The molecule has 5 nitrogen and oxygen atoms in total. The summed E-state index contributed by atoms with van der Waals surface area (Å²) in [6.07, 6.45) is 1.30. The number of carbonyl (C=O) groups excluding carboxylic acids is 1. The zero-order chi connectivity index (χ0) is 17.6.